The molecular weight excluding hydrogens is 448 g/mol. The number of nitrogens with zero attached hydrogens (tertiary/aromatic N) is 1. The molecule has 0 aromatic heterocycles. The predicted molar refractivity (Wildman–Crippen MR) is 135 cm³/mol. The van der Waals surface area contributed by atoms with Crippen LogP contribution >= 0.6 is 0 Å². The molecule has 0 aliphatic carbocycles. The molecular formula is C26H28N4O5. The van der Waals surface area contributed by atoms with Crippen LogP contribution < -0.4 is 25.4 Å². The predicted octanol–water partition coefficient (Wildman–Crippen LogP) is 3.47. The molecule has 9 heteroatoms. The summed E-state index contributed by atoms with van der Waals surface area (Å²) < 4.78 is 10.3. The molecule has 0 fully saturated rings. The summed E-state index contributed by atoms with van der Waals surface area (Å²) in [6, 6.07) is 20.6. The molecule has 0 saturated carbocycles. The van der Waals surface area contributed by atoms with E-state index in [2.05, 4.69) is 16.0 Å². The monoisotopic (exact) mass is 476 g/mol. The van der Waals surface area contributed by atoms with Gasteiger partial charge in [-0.3, -0.25) is 19.3 Å². The molecule has 9 nitrogen and oxygen atoms in total. The zero-order chi connectivity index (χ0) is 25.2. The van der Waals surface area contributed by atoms with E-state index >= 15 is 0 Å². The number of carbonyl (C=O) groups excluding carboxylic acids is 3. The van der Waals surface area contributed by atoms with E-state index in [1.807, 2.05) is 6.07 Å². The number of para-hydroxylation sites is 2. The maximum atomic E-state index is 12.5. The summed E-state index contributed by atoms with van der Waals surface area (Å²) in [5.74, 6) is 0.440. The first kappa shape index (κ1) is 25.3. The minimum Gasteiger partial charge on any atom is -0.497 e. The maximum Gasteiger partial charge on any atom is 0.255 e. The molecule has 3 N–H and O–H groups in total. The normalized spacial score (nSPS) is 10.4. The van der Waals surface area contributed by atoms with Crippen LogP contribution in [-0.4, -0.2) is 57.0 Å². The summed E-state index contributed by atoms with van der Waals surface area (Å²) >= 11 is 0. The lowest BCUT2D eigenvalue weighted by Crippen LogP contribution is -2.36. The van der Waals surface area contributed by atoms with Crippen LogP contribution in [0.15, 0.2) is 72.8 Å². The van der Waals surface area contributed by atoms with Gasteiger partial charge in [-0.2, -0.15) is 0 Å². The first-order chi connectivity index (χ1) is 16.9. The average Bonchev–Trinajstić information content (AvgIpc) is 2.85. The van der Waals surface area contributed by atoms with Gasteiger partial charge in [-0.25, -0.2) is 0 Å². The van der Waals surface area contributed by atoms with Crippen molar-refractivity contribution in [2.45, 2.75) is 0 Å². The highest BCUT2D eigenvalue weighted by molar-refractivity contribution is 6.05. The Labute approximate surface area is 204 Å². The second kappa shape index (κ2) is 12.2. The Morgan fingerprint density at radius 2 is 1.26 bits per heavy atom. The lowest BCUT2D eigenvalue weighted by Gasteiger charge is -2.16. The van der Waals surface area contributed by atoms with Gasteiger partial charge < -0.3 is 25.4 Å². The molecule has 3 rings (SSSR count). The fraction of sp³-hybridized carbons (Fsp3) is 0.192. The summed E-state index contributed by atoms with van der Waals surface area (Å²) in [5, 5.41) is 8.34. The molecule has 3 aromatic carbocycles. The average molecular weight is 477 g/mol. The van der Waals surface area contributed by atoms with Gasteiger partial charge >= 0.3 is 0 Å². The molecule has 0 heterocycles. The number of hydrogen-bond donors (Lipinski definition) is 3. The second-order valence-electron chi connectivity index (χ2n) is 7.73. The third kappa shape index (κ3) is 7.58. The van der Waals surface area contributed by atoms with Crippen molar-refractivity contribution in [1.82, 2.24) is 4.90 Å². The van der Waals surface area contributed by atoms with Gasteiger partial charge in [0, 0.05) is 16.9 Å². The molecule has 0 radical (unpaired) electrons. The number of rotatable bonds is 10. The van der Waals surface area contributed by atoms with Crippen molar-refractivity contribution < 1.29 is 23.9 Å². The number of likely N-dealkylation sites (N-methyl/N-ethyl adjacent to an activating group) is 1. The Morgan fingerprint density at radius 1 is 0.714 bits per heavy atom. The third-order valence-corrected chi connectivity index (χ3v) is 4.99. The summed E-state index contributed by atoms with van der Waals surface area (Å²) in [7, 11) is 4.79. The van der Waals surface area contributed by atoms with Gasteiger partial charge in [0.15, 0.2) is 0 Å². The molecule has 0 aliphatic rings. The van der Waals surface area contributed by atoms with Gasteiger partial charge in [0.25, 0.3) is 5.91 Å². The number of ether oxygens (including phenoxy) is 2. The van der Waals surface area contributed by atoms with Crippen molar-refractivity contribution in [2.24, 2.45) is 0 Å². The van der Waals surface area contributed by atoms with Crippen LogP contribution in [0, 0.1) is 0 Å². The van der Waals surface area contributed by atoms with E-state index in [4.69, 9.17) is 9.47 Å². The number of nitrogens with one attached hydrogen (secondary N) is 3. The minimum atomic E-state index is -0.296. The van der Waals surface area contributed by atoms with Crippen molar-refractivity contribution in [1.29, 1.82) is 0 Å². The third-order valence-electron chi connectivity index (χ3n) is 4.99. The Hall–Kier alpha value is -4.37. The van der Waals surface area contributed by atoms with Crippen LogP contribution in [-0.2, 0) is 9.59 Å². The quantitative estimate of drug-likeness (QED) is 0.414. The SMILES string of the molecule is COc1ccc(NC(=O)CN(C)CC(=O)Nc2ccc(C(=O)Nc3ccccc3OC)cc2)cc1. The lowest BCUT2D eigenvalue weighted by atomic mass is 10.2. The van der Waals surface area contributed by atoms with Crippen molar-refractivity contribution in [2.75, 3.05) is 50.3 Å². The molecule has 0 aliphatic heterocycles. The van der Waals surface area contributed by atoms with Crippen LogP contribution in [0.1, 0.15) is 10.4 Å². The van der Waals surface area contributed by atoms with Crippen LogP contribution in [0.5, 0.6) is 11.5 Å². The first-order valence-electron chi connectivity index (χ1n) is 10.8. The highest BCUT2D eigenvalue weighted by Crippen LogP contribution is 2.24. The number of hydrogen-bond acceptors (Lipinski definition) is 6. The van der Waals surface area contributed by atoms with E-state index in [9.17, 15) is 14.4 Å². The molecule has 0 spiro atoms. The van der Waals surface area contributed by atoms with Crippen LogP contribution in [0.25, 0.3) is 0 Å². The summed E-state index contributed by atoms with van der Waals surface area (Å²) in [6.45, 7) is 0.0631. The molecule has 0 unspecified atom stereocenters. The van der Waals surface area contributed by atoms with Crippen molar-refractivity contribution in [3.8, 4) is 11.5 Å². The summed E-state index contributed by atoms with van der Waals surface area (Å²) in [4.78, 5) is 38.7. The lowest BCUT2D eigenvalue weighted by molar-refractivity contribution is -0.119. The molecule has 3 amide bonds. The van der Waals surface area contributed by atoms with Gasteiger partial charge in [0.1, 0.15) is 11.5 Å². The van der Waals surface area contributed by atoms with Gasteiger partial charge in [-0.05, 0) is 67.7 Å². The highest BCUT2D eigenvalue weighted by atomic mass is 16.5. The van der Waals surface area contributed by atoms with Gasteiger partial charge in [-0.15, -0.1) is 0 Å². The van der Waals surface area contributed by atoms with Crippen LogP contribution in [0.4, 0.5) is 17.1 Å². The van der Waals surface area contributed by atoms with Crippen molar-refractivity contribution >= 4 is 34.8 Å². The fourth-order valence-electron chi connectivity index (χ4n) is 3.27. The van der Waals surface area contributed by atoms with Crippen LogP contribution in [0.2, 0.25) is 0 Å². The van der Waals surface area contributed by atoms with Gasteiger partial charge in [0.05, 0.1) is 33.0 Å². The van der Waals surface area contributed by atoms with Crippen molar-refractivity contribution in [3.63, 3.8) is 0 Å². The number of methoxy groups -OCH3 is 2. The Morgan fingerprint density at radius 3 is 1.80 bits per heavy atom. The zero-order valence-electron chi connectivity index (χ0n) is 19.8. The van der Waals surface area contributed by atoms with Gasteiger partial charge in [0.2, 0.25) is 11.8 Å². The topological polar surface area (TPSA) is 109 Å². The second-order valence-corrected chi connectivity index (χ2v) is 7.73. The molecule has 35 heavy (non-hydrogen) atoms. The standard InChI is InChI=1S/C26H28N4O5/c1-30(17-25(32)28-20-12-14-21(34-2)15-13-20)16-24(31)27-19-10-8-18(9-11-19)26(33)29-22-6-4-5-7-23(22)35-3/h4-15H,16-17H2,1-3H3,(H,27,31)(H,28,32)(H,29,33). The Kier molecular flexibility index (Phi) is 8.80. The largest absolute Gasteiger partial charge is 0.497 e. The number of anilines is 3. The minimum absolute atomic E-state index is 0.0199. The number of amides is 3. The first-order valence-corrected chi connectivity index (χ1v) is 10.8. The van der Waals surface area contributed by atoms with Gasteiger partial charge in [-0.1, -0.05) is 12.1 Å². The Bertz CT molecular complexity index is 1160. The smallest absolute Gasteiger partial charge is 0.255 e. The van der Waals surface area contributed by atoms with E-state index in [0.717, 1.165) is 0 Å². The van der Waals surface area contributed by atoms with E-state index < -0.39 is 0 Å². The van der Waals surface area contributed by atoms with E-state index in [-0.39, 0.29) is 30.8 Å². The van der Waals surface area contributed by atoms with Crippen LogP contribution in [0.3, 0.4) is 0 Å². The molecule has 0 saturated heterocycles. The number of benzene rings is 3. The maximum absolute atomic E-state index is 12.5. The fourth-order valence-corrected chi connectivity index (χ4v) is 3.27. The molecule has 0 bridgehead atoms. The molecule has 0 atom stereocenters. The van der Waals surface area contributed by atoms with E-state index in [0.29, 0.717) is 34.1 Å². The zero-order valence-corrected chi connectivity index (χ0v) is 19.8. The molecule has 182 valence electrons. The van der Waals surface area contributed by atoms with E-state index in [1.165, 1.54) is 7.11 Å². The summed E-state index contributed by atoms with van der Waals surface area (Å²) in [6.07, 6.45) is 0. The van der Waals surface area contributed by atoms with E-state index in [1.54, 1.807) is 85.8 Å². The highest BCUT2D eigenvalue weighted by Gasteiger charge is 2.13. The molecule has 3 aromatic rings. The Balaban J connectivity index is 1.46. The number of carbonyl (C=O) groups is 3. The summed E-state index contributed by atoms with van der Waals surface area (Å²) in [5.41, 5.74) is 2.18. The van der Waals surface area contributed by atoms with Crippen molar-refractivity contribution in [3.05, 3.63) is 78.4 Å².